The molecule has 0 aliphatic carbocycles. The summed E-state index contributed by atoms with van der Waals surface area (Å²) in [4.78, 5) is 23.6. The second-order valence-corrected chi connectivity index (χ2v) is 5.64. The maximum atomic E-state index is 13.5. The summed E-state index contributed by atoms with van der Waals surface area (Å²) in [6.45, 7) is 0. The van der Waals surface area contributed by atoms with E-state index >= 15 is 0 Å². The standard InChI is InChI=1S/C17H13Cl2FO5/c1-23-14-9-10(18)5-6-13(14)24-15(21)7-8-16(22)25-17-11(19)3-2-4-12(17)20/h2-6,9H,7-8H2,1H3. The van der Waals surface area contributed by atoms with Crippen LogP contribution in [0.5, 0.6) is 17.2 Å². The van der Waals surface area contributed by atoms with Crippen molar-refractivity contribution in [2.24, 2.45) is 0 Å². The maximum absolute atomic E-state index is 13.5. The van der Waals surface area contributed by atoms with Crippen LogP contribution in [0.25, 0.3) is 0 Å². The minimum atomic E-state index is -0.813. The van der Waals surface area contributed by atoms with Crippen molar-refractivity contribution in [3.05, 3.63) is 52.3 Å². The summed E-state index contributed by atoms with van der Waals surface area (Å²) in [7, 11) is 1.40. The summed E-state index contributed by atoms with van der Waals surface area (Å²) in [5, 5.41) is 0.379. The first-order valence-corrected chi connectivity index (χ1v) is 7.85. The fraction of sp³-hybridized carbons (Fsp3) is 0.176. The van der Waals surface area contributed by atoms with Crippen LogP contribution in [0.2, 0.25) is 10.0 Å². The quantitative estimate of drug-likeness (QED) is 0.542. The van der Waals surface area contributed by atoms with Crippen molar-refractivity contribution < 1.29 is 28.2 Å². The van der Waals surface area contributed by atoms with Gasteiger partial charge in [0.2, 0.25) is 0 Å². The predicted octanol–water partition coefficient (Wildman–Crippen LogP) is 4.43. The smallest absolute Gasteiger partial charge is 0.311 e. The molecule has 0 saturated carbocycles. The first-order chi connectivity index (χ1) is 11.9. The van der Waals surface area contributed by atoms with Gasteiger partial charge < -0.3 is 14.2 Å². The number of halogens is 3. The molecule has 5 nitrogen and oxygen atoms in total. The lowest BCUT2D eigenvalue weighted by Crippen LogP contribution is -2.15. The van der Waals surface area contributed by atoms with Gasteiger partial charge >= 0.3 is 11.9 Å². The third-order valence-corrected chi connectivity index (χ3v) is 3.55. The van der Waals surface area contributed by atoms with Crippen LogP contribution in [-0.2, 0) is 9.59 Å². The summed E-state index contributed by atoms with van der Waals surface area (Å²) in [6.07, 6.45) is -0.573. The molecular weight excluding hydrogens is 374 g/mol. The Bertz CT molecular complexity index is 774. The Balaban J connectivity index is 1.91. The summed E-state index contributed by atoms with van der Waals surface area (Å²) in [5.74, 6) is -2.19. The summed E-state index contributed by atoms with van der Waals surface area (Å²) in [5.41, 5.74) is 0. The Morgan fingerprint density at radius 3 is 2.32 bits per heavy atom. The molecular formula is C17H13Cl2FO5. The van der Waals surface area contributed by atoms with Gasteiger partial charge in [-0.3, -0.25) is 9.59 Å². The van der Waals surface area contributed by atoms with Crippen molar-refractivity contribution in [3.8, 4) is 17.2 Å². The minimum absolute atomic E-state index is 0.0400. The van der Waals surface area contributed by atoms with Crippen molar-refractivity contribution in [3.63, 3.8) is 0 Å². The molecule has 0 unspecified atom stereocenters. The number of carbonyl (C=O) groups excluding carboxylic acids is 2. The Hall–Kier alpha value is -2.31. The van der Waals surface area contributed by atoms with Crippen LogP contribution in [-0.4, -0.2) is 19.0 Å². The van der Waals surface area contributed by atoms with Crippen LogP contribution in [0, 0.1) is 5.82 Å². The van der Waals surface area contributed by atoms with Gasteiger partial charge in [-0.2, -0.15) is 0 Å². The molecule has 0 bridgehead atoms. The Kier molecular flexibility index (Phi) is 6.61. The molecule has 25 heavy (non-hydrogen) atoms. The Morgan fingerprint density at radius 2 is 1.68 bits per heavy atom. The highest BCUT2D eigenvalue weighted by molar-refractivity contribution is 6.32. The van der Waals surface area contributed by atoms with E-state index in [1.165, 1.54) is 37.4 Å². The zero-order chi connectivity index (χ0) is 18.4. The van der Waals surface area contributed by atoms with Crippen LogP contribution in [0.4, 0.5) is 4.39 Å². The third-order valence-electron chi connectivity index (χ3n) is 3.02. The van der Waals surface area contributed by atoms with Crippen molar-refractivity contribution in [1.29, 1.82) is 0 Å². The van der Waals surface area contributed by atoms with Crippen LogP contribution >= 0.6 is 23.2 Å². The number of carbonyl (C=O) groups is 2. The van der Waals surface area contributed by atoms with Crippen LogP contribution in [0.15, 0.2) is 36.4 Å². The van der Waals surface area contributed by atoms with Crippen molar-refractivity contribution >= 4 is 35.1 Å². The van der Waals surface area contributed by atoms with E-state index in [9.17, 15) is 14.0 Å². The van der Waals surface area contributed by atoms with Crippen molar-refractivity contribution in [1.82, 2.24) is 0 Å². The van der Waals surface area contributed by atoms with E-state index in [0.29, 0.717) is 5.02 Å². The van der Waals surface area contributed by atoms with Gasteiger partial charge in [0.15, 0.2) is 23.1 Å². The topological polar surface area (TPSA) is 61.8 Å². The van der Waals surface area contributed by atoms with E-state index in [2.05, 4.69) is 0 Å². The zero-order valence-electron chi connectivity index (χ0n) is 13.1. The number of para-hydroxylation sites is 1. The first kappa shape index (κ1) is 19.0. The van der Waals surface area contributed by atoms with Gasteiger partial charge in [0.25, 0.3) is 0 Å². The molecule has 132 valence electrons. The van der Waals surface area contributed by atoms with E-state index in [-0.39, 0.29) is 35.1 Å². The highest BCUT2D eigenvalue weighted by Gasteiger charge is 2.16. The summed E-state index contributed by atoms with van der Waals surface area (Å²) < 4.78 is 28.5. The minimum Gasteiger partial charge on any atom is -0.493 e. The SMILES string of the molecule is COc1cc(Cl)ccc1OC(=O)CCC(=O)Oc1c(F)cccc1Cl. The lowest BCUT2D eigenvalue weighted by Gasteiger charge is -2.10. The molecule has 0 spiro atoms. The van der Waals surface area contributed by atoms with Crippen LogP contribution < -0.4 is 14.2 Å². The molecule has 0 atom stereocenters. The molecule has 0 heterocycles. The van der Waals surface area contributed by atoms with Crippen LogP contribution in [0.1, 0.15) is 12.8 Å². The third kappa shape index (κ3) is 5.34. The highest BCUT2D eigenvalue weighted by atomic mass is 35.5. The van der Waals surface area contributed by atoms with E-state index in [1.807, 2.05) is 0 Å². The predicted molar refractivity (Wildman–Crippen MR) is 89.9 cm³/mol. The number of hydrogen-bond acceptors (Lipinski definition) is 5. The zero-order valence-corrected chi connectivity index (χ0v) is 14.6. The number of ether oxygens (including phenoxy) is 3. The number of rotatable bonds is 6. The van der Waals surface area contributed by atoms with E-state index in [4.69, 9.17) is 37.4 Å². The van der Waals surface area contributed by atoms with Gasteiger partial charge in [0.1, 0.15) is 0 Å². The summed E-state index contributed by atoms with van der Waals surface area (Å²) in [6, 6.07) is 8.35. The maximum Gasteiger partial charge on any atom is 0.311 e. The molecule has 8 heteroatoms. The molecule has 0 fully saturated rings. The lowest BCUT2D eigenvalue weighted by molar-refractivity contribution is -0.140. The molecule has 2 rings (SSSR count). The van der Waals surface area contributed by atoms with Gasteiger partial charge in [-0.15, -0.1) is 0 Å². The average Bonchev–Trinajstić information content (AvgIpc) is 2.58. The molecule has 0 saturated heterocycles. The molecule has 0 aromatic heterocycles. The van der Waals surface area contributed by atoms with Crippen LogP contribution in [0.3, 0.4) is 0 Å². The highest BCUT2D eigenvalue weighted by Crippen LogP contribution is 2.30. The first-order valence-electron chi connectivity index (χ1n) is 7.09. The lowest BCUT2D eigenvalue weighted by atomic mass is 10.3. The number of methoxy groups -OCH3 is 1. The fourth-order valence-corrected chi connectivity index (χ4v) is 2.21. The normalized spacial score (nSPS) is 10.2. The molecule has 0 aliphatic rings. The van der Waals surface area contributed by atoms with Gasteiger partial charge in [-0.25, -0.2) is 4.39 Å². The Morgan fingerprint density at radius 1 is 1.00 bits per heavy atom. The van der Waals surface area contributed by atoms with Gasteiger partial charge in [-0.1, -0.05) is 29.3 Å². The largest absolute Gasteiger partial charge is 0.493 e. The van der Waals surface area contributed by atoms with Gasteiger partial charge in [0, 0.05) is 11.1 Å². The molecule has 2 aromatic rings. The number of hydrogen-bond donors (Lipinski definition) is 0. The molecule has 2 aromatic carbocycles. The molecule has 0 N–H and O–H groups in total. The number of benzene rings is 2. The van der Waals surface area contributed by atoms with Crippen molar-refractivity contribution in [2.75, 3.05) is 7.11 Å². The Labute approximate surface area is 153 Å². The second-order valence-electron chi connectivity index (χ2n) is 4.79. The van der Waals surface area contributed by atoms with Gasteiger partial charge in [0.05, 0.1) is 25.0 Å². The average molecular weight is 387 g/mol. The summed E-state index contributed by atoms with van der Waals surface area (Å²) >= 11 is 11.6. The monoisotopic (exact) mass is 386 g/mol. The molecule has 0 amide bonds. The van der Waals surface area contributed by atoms with E-state index < -0.39 is 17.8 Å². The molecule has 0 radical (unpaired) electrons. The van der Waals surface area contributed by atoms with Crippen molar-refractivity contribution in [2.45, 2.75) is 12.8 Å². The van der Waals surface area contributed by atoms with E-state index in [0.717, 1.165) is 6.07 Å². The second kappa shape index (κ2) is 8.69. The fourth-order valence-electron chi connectivity index (χ4n) is 1.85. The molecule has 0 aliphatic heterocycles. The number of esters is 2. The van der Waals surface area contributed by atoms with E-state index in [1.54, 1.807) is 0 Å². The van der Waals surface area contributed by atoms with Gasteiger partial charge in [-0.05, 0) is 24.3 Å².